The Balaban J connectivity index is 1.65. The molecule has 0 amide bonds. The van der Waals surface area contributed by atoms with Gasteiger partial charge < -0.3 is 14.7 Å². The molecule has 5 rings (SSSR count). The van der Waals surface area contributed by atoms with E-state index in [2.05, 4.69) is 28.3 Å². The van der Waals surface area contributed by atoms with Crippen LogP contribution in [0.3, 0.4) is 0 Å². The summed E-state index contributed by atoms with van der Waals surface area (Å²) < 4.78 is 32.0. The highest BCUT2D eigenvalue weighted by Gasteiger charge is 2.24. The monoisotopic (exact) mass is 393 g/mol. The van der Waals surface area contributed by atoms with Crippen molar-refractivity contribution in [2.45, 2.75) is 29.2 Å². The Morgan fingerprint density at radius 3 is 2.96 bits per heavy atom. The van der Waals surface area contributed by atoms with Crippen LogP contribution in [-0.4, -0.2) is 31.0 Å². The molecule has 0 aliphatic carbocycles. The number of fused-ring (bicyclic) bond motifs is 2. The highest BCUT2D eigenvalue weighted by molar-refractivity contribution is 7.91. The fourth-order valence-corrected chi connectivity index (χ4v) is 5.24. The molecule has 6 nitrogen and oxygen atoms in total. The molecule has 1 atom stereocenters. The summed E-state index contributed by atoms with van der Waals surface area (Å²) in [5.41, 5.74) is 4.03. The van der Waals surface area contributed by atoms with E-state index in [0.717, 1.165) is 23.9 Å². The molecule has 0 spiro atoms. The number of rotatable bonds is 3. The lowest BCUT2D eigenvalue weighted by Gasteiger charge is -2.20. The topological polar surface area (TPSA) is 88.0 Å². The average molecular weight is 393 g/mol. The second-order valence-electron chi connectivity index (χ2n) is 7.10. The highest BCUT2D eigenvalue weighted by Crippen LogP contribution is 2.33. The molecule has 7 heteroatoms. The van der Waals surface area contributed by atoms with E-state index in [0.29, 0.717) is 22.7 Å². The number of aromatic amines is 1. The van der Waals surface area contributed by atoms with Gasteiger partial charge >= 0.3 is 0 Å². The Hall–Kier alpha value is -2.90. The van der Waals surface area contributed by atoms with Crippen LogP contribution in [0, 0.1) is 0 Å². The molecule has 1 aromatic carbocycles. The minimum atomic E-state index is -3.71. The predicted molar refractivity (Wildman–Crippen MR) is 108 cm³/mol. The van der Waals surface area contributed by atoms with Crippen molar-refractivity contribution < 1.29 is 12.8 Å². The van der Waals surface area contributed by atoms with Crippen LogP contribution in [0.5, 0.6) is 0 Å². The van der Waals surface area contributed by atoms with Crippen LogP contribution < -0.4 is 5.32 Å². The van der Waals surface area contributed by atoms with Gasteiger partial charge in [-0.3, -0.25) is 4.98 Å². The van der Waals surface area contributed by atoms with Crippen molar-refractivity contribution in [3.8, 4) is 0 Å². The van der Waals surface area contributed by atoms with E-state index >= 15 is 0 Å². The quantitative estimate of drug-likeness (QED) is 0.551. The van der Waals surface area contributed by atoms with Crippen molar-refractivity contribution in [2.24, 2.45) is 0 Å². The molecule has 4 aromatic rings. The molecule has 1 unspecified atom stereocenters. The summed E-state index contributed by atoms with van der Waals surface area (Å²) in [5, 5.41) is 4.14. The number of furan rings is 1. The van der Waals surface area contributed by atoms with Gasteiger partial charge in [-0.05, 0) is 49.2 Å². The number of sulfone groups is 1. The van der Waals surface area contributed by atoms with Crippen molar-refractivity contribution in [3.05, 3.63) is 60.6 Å². The van der Waals surface area contributed by atoms with Gasteiger partial charge in [0.2, 0.25) is 9.84 Å². The summed E-state index contributed by atoms with van der Waals surface area (Å²) >= 11 is 0. The van der Waals surface area contributed by atoms with Gasteiger partial charge in [0, 0.05) is 35.9 Å². The lowest BCUT2D eigenvalue weighted by molar-refractivity contribution is 0.579. The third-order valence-electron chi connectivity index (χ3n) is 5.24. The molecule has 1 aliphatic rings. The fraction of sp³-hybridized carbons (Fsp3) is 0.190. The molecule has 0 bridgehead atoms. The number of hydrogen-bond acceptors (Lipinski definition) is 5. The predicted octanol–water partition coefficient (Wildman–Crippen LogP) is 3.91. The number of aromatic nitrogens is 2. The second kappa shape index (κ2) is 6.32. The van der Waals surface area contributed by atoms with Crippen LogP contribution in [-0.2, 0) is 9.84 Å². The molecule has 0 saturated carbocycles. The summed E-state index contributed by atoms with van der Waals surface area (Å²) in [6, 6.07) is 8.58. The van der Waals surface area contributed by atoms with Crippen LogP contribution in [0.4, 0.5) is 0 Å². The van der Waals surface area contributed by atoms with E-state index in [4.69, 9.17) is 4.42 Å². The summed E-state index contributed by atoms with van der Waals surface area (Å²) in [7, 11) is -3.71. The lowest BCUT2D eigenvalue weighted by atomic mass is 9.97. The van der Waals surface area contributed by atoms with Crippen LogP contribution in [0.1, 0.15) is 18.9 Å². The van der Waals surface area contributed by atoms with E-state index in [-0.39, 0.29) is 9.79 Å². The Labute approximate surface area is 162 Å². The van der Waals surface area contributed by atoms with Gasteiger partial charge in [0.05, 0.1) is 27.1 Å². The standard InChI is InChI=1S/C21H19N3O3S/c1-13-10-14(4-7-22-13)17-12-24-21-19(5-8-23-20(17)21)28(25,26)16-2-3-18-15(11-16)6-9-27-18/h2-6,8-9,11-13,22,24H,7,10H2,1H3. The maximum Gasteiger partial charge on any atom is 0.208 e. The van der Waals surface area contributed by atoms with Crippen LogP contribution in [0.25, 0.3) is 27.6 Å². The first-order valence-electron chi connectivity index (χ1n) is 9.15. The minimum absolute atomic E-state index is 0.231. The lowest BCUT2D eigenvalue weighted by Crippen LogP contribution is -2.29. The highest BCUT2D eigenvalue weighted by atomic mass is 32.2. The zero-order valence-corrected chi connectivity index (χ0v) is 16.1. The van der Waals surface area contributed by atoms with Crippen molar-refractivity contribution in [2.75, 3.05) is 6.54 Å². The molecule has 4 heterocycles. The molecule has 28 heavy (non-hydrogen) atoms. The molecule has 1 aliphatic heterocycles. The number of nitrogens with one attached hydrogen (secondary N) is 2. The molecule has 3 aromatic heterocycles. The molecule has 0 radical (unpaired) electrons. The number of H-pyrrole nitrogens is 1. The van der Waals surface area contributed by atoms with Gasteiger partial charge in [0.1, 0.15) is 5.58 Å². The minimum Gasteiger partial charge on any atom is -0.464 e. The van der Waals surface area contributed by atoms with Gasteiger partial charge in [0.15, 0.2) is 0 Å². The van der Waals surface area contributed by atoms with Crippen LogP contribution in [0.15, 0.2) is 69.3 Å². The van der Waals surface area contributed by atoms with Gasteiger partial charge in [-0.1, -0.05) is 6.08 Å². The first-order chi connectivity index (χ1) is 13.5. The van der Waals surface area contributed by atoms with E-state index < -0.39 is 9.84 Å². The van der Waals surface area contributed by atoms with Crippen molar-refractivity contribution >= 4 is 37.4 Å². The second-order valence-corrected chi connectivity index (χ2v) is 9.02. The zero-order valence-electron chi connectivity index (χ0n) is 15.3. The molecule has 0 saturated heterocycles. The fourth-order valence-electron chi connectivity index (χ4n) is 3.80. The summed E-state index contributed by atoms with van der Waals surface area (Å²) in [5.74, 6) is 0. The van der Waals surface area contributed by atoms with Gasteiger partial charge in [-0.25, -0.2) is 8.42 Å². The number of hydrogen-bond donors (Lipinski definition) is 2. The van der Waals surface area contributed by atoms with E-state index in [9.17, 15) is 8.42 Å². The molecule has 2 N–H and O–H groups in total. The molecular formula is C21H19N3O3S. The Bertz CT molecular complexity index is 1330. The maximum atomic E-state index is 13.3. The summed E-state index contributed by atoms with van der Waals surface area (Å²) in [4.78, 5) is 8.10. The third-order valence-corrected chi connectivity index (χ3v) is 7.03. The summed E-state index contributed by atoms with van der Waals surface area (Å²) in [6.45, 7) is 2.93. The van der Waals surface area contributed by atoms with Crippen LogP contribution >= 0.6 is 0 Å². The van der Waals surface area contributed by atoms with Gasteiger partial charge in [-0.2, -0.15) is 0 Å². The Kier molecular flexibility index (Phi) is 3.89. The summed E-state index contributed by atoms with van der Waals surface area (Å²) in [6.07, 6.45) is 7.99. The van der Waals surface area contributed by atoms with E-state index in [1.165, 1.54) is 5.57 Å². The molecule has 142 valence electrons. The average Bonchev–Trinajstić information content (AvgIpc) is 3.33. The van der Waals surface area contributed by atoms with E-state index in [1.54, 1.807) is 42.8 Å². The first-order valence-corrected chi connectivity index (χ1v) is 10.6. The van der Waals surface area contributed by atoms with Crippen LogP contribution in [0.2, 0.25) is 0 Å². The maximum absolute atomic E-state index is 13.3. The van der Waals surface area contributed by atoms with E-state index in [1.807, 2.05) is 6.20 Å². The molecule has 0 fully saturated rings. The SMILES string of the molecule is CC1CC(c2c[nH]c3c(S(=O)(=O)c4ccc5occc5c4)ccnc23)=CCN1. The van der Waals surface area contributed by atoms with Crippen molar-refractivity contribution in [1.82, 2.24) is 15.3 Å². The Morgan fingerprint density at radius 2 is 2.11 bits per heavy atom. The largest absolute Gasteiger partial charge is 0.464 e. The van der Waals surface area contributed by atoms with Gasteiger partial charge in [0.25, 0.3) is 0 Å². The zero-order chi connectivity index (χ0) is 19.3. The van der Waals surface area contributed by atoms with Crippen molar-refractivity contribution in [3.63, 3.8) is 0 Å². The van der Waals surface area contributed by atoms with Gasteiger partial charge in [-0.15, -0.1) is 0 Å². The Morgan fingerprint density at radius 1 is 1.21 bits per heavy atom. The van der Waals surface area contributed by atoms with Crippen molar-refractivity contribution in [1.29, 1.82) is 0 Å². The molecular weight excluding hydrogens is 374 g/mol. The first kappa shape index (κ1) is 17.2. The number of pyridine rings is 1. The normalized spacial score (nSPS) is 17.9. The smallest absolute Gasteiger partial charge is 0.208 e. The third kappa shape index (κ3) is 2.66. The number of benzene rings is 1. The number of nitrogens with zero attached hydrogens (tertiary/aromatic N) is 1.